The minimum Gasteiger partial charge on any atom is -0.359 e. The molecule has 3 aromatic rings. The predicted molar refractivity (Wildman–Crippen MR) is 98.7 cm³/mol. The Bertz CT molecular complexity index is 915. The molecule has 2 aromatic carbocycles. The molecule has 4 nitrogen and oxygen atoms in total. The van der Waals surface area contributed by atoms with Crippen molar-refractivity contribution in [2.75, 3.05) is 12.3 Å². The molecule has 1 heterocycles. The molecule has 0 bridgehead atoms. The summed E-state index contributed by atoms with van der Waals surface area (Å²) in [6.45, 7) is 2.45. The predicted octanol–water partition coefficient (Wildman–Crippen LogP) is 3.18. The highest BCUT2D eigenvalue weighted by molar-refractivity contribution is 7.89. The first-order valence-corrected chi connectivity index (χ1v) is 9.77. The maximum Gasteiger partial charge on any atom is 0.211 e. The fraction of sp³-hybridized carbons (Fsp3) is 0.263. The monoisotopic (exact) mass is 342 g/mol. The Labute approximate surface area is 143 Å². The standard InChI is InChI=1S/C19H22N2O2S/c1-15-13-18-14-17(7-8-19(18)21-15)9-11-20-24(22,23)12-10-16-5-3-2-4-6-16/h2-8,13-14,20-21H,9-12H2,1H3. The first kappa shape index (κ1) is 16.7. The molecule has 0 atom stereocenters. The van der Waals surface area contributed by atoms with Gasteiger partial charge in [0.05, 0.1) is 5.75 Å². The van der Waals surface area contributed by atoms with Crippen LogP contribution in [0.5, 0.6) is 0 Å². The van der Waals surface area contributed by atoms with Crippen LogP contribution in [0.25, 0.3) is 10.9 Å². The topological polar surface area (TPSA) is 62.0 Å². The summed E-state index contributed by atoms with van der Waals surface area (Å²) in [5.74, 6) is 0.118. The molecular weight excluding hydrogens is 320 g/mol. The lowest BCUT2D eigenvalue weighted by molar-refractivity contribution is 0.581. The summed E-state index contributed by atoms with van der Waals surface area (Å²) >= 11 is 0. The number of nitrogens with one attached hydrogen (secondary N) is 2. The molecule has 0 fully saturated rings. The van der Waals surface area contributed by atoms with Gasteiger partial charge < -0.3 is 4.98 Å². The van der Waals surface area contributed by atoms with Crippen LogP contribution < -0.4 is 4.72 Å². The average Bonchev–Trinajstić information content (AvgIpc) is 2.93. The first-order chi connectivity index (χ1) is 11.5. The van der Waals surface area contributed by atoms with E-state index in [1.165, 1.54) is 0 Å². The molecule has 0 unspecified atom stereocenters. The second-order valence-corrected chi connectivity index (χ2v) is 8.00. The van der Waals surface area contributed by atoms with Crippen molar-refractivity contribution in [2.24, 2.45) is 0 Å². The van der Waals surface area contributed by atoms with E-state index in [-0.39, 0.29) is 5.75 Å². The molecular formula is C19H22N2O2S. The summed E-state index contributed by atoms with van der Waals surface area (Å²) in [5.41, 5.74) is 4.41. The molecule has 0 amide bonds. The van der Waals surface area contributed by atoms with Crippen molar-refractivity contribution in [1.82, 2.24) is 9.71 Å². The van der Waals surface area contributed by atoms with Crippen LogP contribution in [0.15, 0.2) is 54.6 Å². The van der Waals surface area contributed by atoms with E-state index in [9.17, 15) is 8.42 Å². The van der Waals surface area contributed by atoms with Gasteiger partial charge in [-0.25, -0.2) is 13.1 Å². The molecule has 0 saturated heterocycles. The number of aromatic nitrogens is 1. The zero-order chi connectivity index (χ0) is 17.0. The van der Waals surface area contributed by atoms with E-state index in [0.717, 1.165) is 27.7 Å². The number of fused-ring (bicyclic) bond motifs is 1. The quantitative estimate of drug-likeness (QED) is 0.693. The van der Waals surface area contributed by atoms with Crippen LogP contribution in [0.4, 0.5) is 0 Å². The first-order valence-electron chi connectivity index (χ1n) is 8.11. The number of aryl methyl sites for hydroxylation is 2. The van der Waals surface area contributed by atoms with Crippen molar-refractivity contribution in [3.8, 4) is 0 Å². The van der Waals surface area contributed by atoms with Gasteiger partial charge in [-0.1, -0.05) is 36.4 Å². The second-order valence-electron chi connectivity index (χ2n) is 6.07. The van der Waals surface area contributed by atoms with E-state index in [1.807, 2.05) is 49.4 Å². The van der Waals surface area contributed by atoms with E-state index in [2.05, 4.69) is 21.8 Å². The number of benzene rings is 2. The SMILES string of the molecule is Cc1cc2cc(CCNS(=O)(=O)CCc3ccccc3)ccc2[nH]1. The van der Waals surface area contributed by atoms with Crippen LogP contribution in [0.1, 0.15) is 16.8 Å². The largest absolute Gasteiger partial charge is 0.359 e. The Hall–Kier alpha value is -2.11. The van der Waals surface area contributed by atoms with Crippen molar-refractivity contribution in [2.45, 2.75) is 19.8 Å². The van der Waals surface area contributed by atoms with Gasteiger partial charge in [0, 0.05) is 17.8 Å². The van der Waals surface area contributed by atoms with Gasteiger partial charge in [0.1, 0.15) is 0 Å². The molecule has 0 aliphatic rings. The third kappa shape index (κ3) is 4.46. The van der Waals surface area contributed by atoms with Gasteiger partial charge in [-0.05, 0) is 54.5 Å². The van der Waals surface area contributed by atoms with E-state index < -0.39 is 10.0 Å². The third-order valence-corrected chi connectivity index (χ3v) is 5.44. The summed E-state index contributed by atoms with van der Waals surface area (Å²) < 4.78 is 26.9. The minimum absolute atomic E-state index is 0.118. The van der Waals surface area contributed by atoms with E-state index >= 15 is 0 Å². The molecule has 0 aliphatic heterocycles. The summed E-state index contributed by atoms with van der Waals surface area (Å²) in [6.07, 6.45) is 1.22. The summed E-state index contributed by atoms with van der Waals surface area (Å²) in [7, 11) is -3.24. The Kier molecular flexibility index (Phi) is 5.02. The molecule has 0 aliphatic carbocycles. The van der Waals surface area contributed by atoms with Crippen molar-refractivity contribution in [1.29, 1.82) is 0 Å². The van der Waals surface area contributed by atoms with Crippen LogP contribution >= 0.6 is 0 Å². The molecule has 24 heavy (non-hydrogen) atoms. The summed E-state index contributed by atoms with van der Waals surface area (Å²) in [4.78, 5) is 3.29. The van der Waals surface area contributed by atoms with Crippen molar-refractivity contribution < 1.29 is 8.42 Å². The second kappa shape index (κ2) is 7.20. The summed E-state index contributed by atoms with van der Waals surface area (Å²) in [5, 5.41) is 1.16. The van der Waals surface area contributed by atoms with E-state index in [4.69, 9.17) is 0 Å². The maximum atomic E-state index is 12.1. The zero-order valence-electron chi connectivity index (χ0n) is 13.7. The van der Waals surface area contributed by atoms with Crippen molar-refractivity contribution >= 4 is 20.9 Å². The normalized spacial score (nSPS) is 11.9. The third-order valence-electron chi connectivity index (χ3n) is 4.06. The van der Waals surface area contributed by atoms with Crippen LogP contribution in [0.2, 0.25) is 0 Å². The van der Waals surface area contributed by atoms with Gasteiger partial charge in [0.25, 0.3) is 0 Å². The molecule has 0 radical (unpaired) electrons. The van der Waals surface area contributed by atoms with Gasteiger partial charge in [0.15, 0.2) is 0 Å². The number of hydrogen-bond donors (Lipinski definition) is 2. The molecule has 2 N–H and O–H groups in total. The highest BCUT2D eigenvalue weighted by atomic mass is 32.2. The van der Waals surface area contributed by atoms with Gasteiger partial charge in [-0.2, -0.15) is 0 Å². The fourth-order valence-electron chi connectivity index (χ4n) is 2.80. The highest BCUT2D eigenvalue weighted by Crippen LogP contribution is 2.17. The molecule has 1 aromatic heterocycles. The highest BCUT2D eigenvalue weighted by Gasteiger charge is 2.10. The zero-order valence-corrected chi connectivity index (χ0v) is 14.6. The molecule has 0 spiro atoms. The molecule has 126 valence electrons. The molecule has 5 heteroatoms. The Morgan fingerprint density at radius 3 is 2.54 bits per heavy atom. The lowest BCUT2D eigenvalue weighted by Gasteiger charge is -2.07. The van der Waals surface area contributed by atoms with E-state index in [1.54, 1.807) is 0 Å². The van der Waals surface area contributed by atoms with Crippen LogP contribution in [0, 0.1) is 6.92 Å². The van der Waals surface area contributed by atoms with Crippen LogP contribution in [0.3, 0.4) is 0 Å². The molecule has 0 saturated carbocycles. The maximum absolute atomic E-state index is 12.1. The Morgan fingerprint density at radius 1 is 0.958 bits per heavy atom. The summed E-state index contributed by atoms with van der Waals surface area (Å²) in [6, 6.07) is 18.0. The van der Waals surface area contributed by atoms with Crippen molar-refractivity contribution in [3.63, 3.8) is 0 Å². The van der Waals surface area contributed by atoms with Crippen LogP contribution in [-0.4, -0.2) is 25.7 Å². The number of aromatic amines is 1. The molecule has 3 rings (SSSR count). The Balaban J connectivity index is 1.52. The van der Waals surface area contributed by atoms with E-state index in [0.29, 0.717) is 19.4 Å². The number of rotatable bonds is 7. The minimum atomic E-state index is -3.24. The average molecular weight is 342 g/mol. The van der Waals surface area contributed by atoms with Gasteiger partial charge in [0.2, 0.25) is 10.0 Å². The number of hydrogen-bond acceptors (Lipinski definition) is 2. The number of sulfonamides is 1. The smallest absolute Gasteiger partial charge is 0.211 e. The Morgan fingerprint density at radius 2 is 1.75 bits per heavy atom. The fourth-order valence-corrected chi connectivity index (χ4v) is 3.86. The lowest BCUT2D eigenvalue weighted by Crippen LogP contribution is -2.29. The van der Waals surface area contributed by atoms with Gasteiger partial charge in [-0.3, -0.25) is 0 Å². The number of H-pyrrole nitrogens is 1. The van der Waals surface area contributed by atoms with Crippen LogP contribution in [-0.2, 0) is 22.9 Å². The lowest BCUT2D eigenvalue weighted by atomic mass is 10.1. The van der Waals surface area contributed by atoms with Gasteiger partial charge in [-0.15, -0.1) is 0 Å². The van der Waals surface area contributed by atoms with Gasteiger partial charge >= 0.3 is 0 Å². The van der Waals surface area contributed by atoms with Crippen molar-refractivity contribution in [3.05, 3.63) is 71.4 Å².